The molecule has 1 fully saturated rings. The molecular weight excluding hydrogens is 240 g/mol. The second-order valence-corrected chi connectivity index (χ2v) is 5.24. The van der Waals surface area contributed by atoms with E-state index in [-0.39, 0.29) is 5.91 Å². The Hall–Kier alpha value is -1.36. The van der Waals surface area contributed by atoms with E-state index in [0.717, 1.165) is 49.4 Å². The van der Waals surface area contributed by atoms with Gasteiger partial charge >= 0.3 is 0 Å². The minimum absolute atomic E-state index is 0.134. The number of rotatable bonds is 3. The van der Waals surface area contributed by atoms with Gasteiger partial charge < -0.3 is 10.2 Å². The number of hydrogen-bond donors (Lipinski definition) is 1. The number of likely N-dealkylation sites (tertiary alicyclic amines) is 1. The monoisotopic (exact) mass is 264 g/mol. The molecule has 19 heavy (non-hydrogen) atoms. The normalized spacial score (nSPS) is 19.8. The second kappa shape index (κ2) is 5.74. The van der Waals surface area contributed by atoms with Crippen LogP contribution in [0.15, 0.2) is 0 Å². The van der Waals surface area contributed by atoms with E-state index in [4.69, 9.17) is 0 Å². The number of amides is 1. The maximum Gasteiger partial charge on any atom is 0.257 e. The Bertz CT molecular complexity index is 466. The van der Waals surface area contributed by atoms with Crippen LogP contribution in [-0.4, -0.2) is 46.8 Å². The van der Waals surface area contributed by atoms with Crippen LogP contribution in [0.2, 0.25) is 0 Å². The molecule has 0 radical (unpaired) electrons. The summed E-state index contributed by atoms with van der Waals surface area (Å²) < 4.78 is 1.90. The summed E-state index contributed by atoms with van der Waals surface area (Å²) in [6, 6.07) is 0.416. The molecule has 1 atom stereocenters. The van der Waals surface area contributed by atoms with Gasteiger partial charge in [0.25, 0.3) is 5.91 Å². The Labute approximate surface area is 115 Å². The highest BCUT2D eigenvalue weighted by atomic mass is 16.2. The van der Waals surface area contributed by atoms with Gasteiger partial charge in [0.1, 0.15) is 0 Å². The Morgan fingerprint density at radius 3 is 2.79 bits per heavy atom. The van der Waals surface area contributed by atoms with Crippen molar-refractivity contribution in [1.29, 1.82) is 0 Å². The molecule has 1 aliphatic heterocycles. The zero-order valence-electron chi connectivity index (χ0n) is 12.4. The topological polar surface area (TPSA) is 50.2 Å². The van der Waals surface area contributed by atoms with E-state index in [2.05, 4.69) is 10.4 Å². The molecule has 1 N–H and O–H groups in total. The first-order valence-corrected chi connectivity index (χ1v) is 7.09. The smallest absolute Gasteiger partial charge is 0.257 e. The fourth-order valence-electron chi connectivity index (χ4n) is 2.87. The average Bonchev–Trinajstić information content (AvgIpc) is 2.72. The van der Waals surface area contributed by atoms with Crippen LogP contribution in [0.5, 0.6) is 0 Å². The molecule has 1 aromatic rings. The van der Waals surface area contributed by atoms with Crippen molar-refractivity contribution in [3.63, 3.8) is 0 Å². The number of carbonyl (C=O) groups is 1. The molecule has 5 nitrogen and oxygen atoms in total. The lowest BCUT2D eigenvalue weighted by Gasteiger charge is -2.32. The van der Waals surface area contributed by atoms with E-state index in [1.54, 1.807) is 0 Å². The summed E-state index contributed by atoms with van der Waals surface area (Å²) in [6.45, 7) is 8.41. The number of nitrogens with one attached hydrogen (secondary N) is 1. The first kappa shape index (κ1) is 14.1. The van der Waals surface area contributed by atoms with Crippen LogP contribution in [0.1, 0.15) is 41.5 Å². The molecule has 0 bridgehead atoms. The molecule has 0 saturated carbocycles. The first-order chi connectivity index (χ1) is 9.08. The summed E-state index contributed by atoms with van der Waals surface area (Å²) in [5.41, 5.74) is 2.62. The van der Waals surface area contributed by atoms with Crippen LogP contribution in [0.4, 0.5) is 0 Å². The van der Waals surface area contributed by atoms with E-state index >= 15 is 0 Å². The molecule has 0 spiro atoms. The Morgan fingerprint density at radius 1 is 1.47 bits per heavy atom. The van der Waals surface area contributed by atoms with Crippen molar-refractivity contribution >= 4 is 5.91 Å². The molecule has 1 unspecified atom stereocenters. The standard InChI is InChI=1S/C14H24N4O/c1-5-18-11(3)13(10(2)16-18)14(19)17-8-6-7-12(9-17)15-4/h12,15H,5-9H2,1-4H3. The van der Waals surface area contributed by atoms with Gasteiger partial charge in [0.05, 0.1) is 11.3 Å². The molecule has 5 heteroatoms. The van der Waals surface area contributed by atoms with E-state index < -0.39 is 0 Å². The molecule has 2 heterocycles. The summed E-state index contributed by atoms with van der Waals surface area (Å²) in [5.74, 6) is 0.134. The summed E-state index contributed by atoms with van der Waals surface area (Å²) in [7, 11) is 1.96. The van der Waals surface area contributed by atoms with Crippen LogP contribution >= 0.6 is 0 Å². The number of hydrogen-bond acceptors (Lipinski definition) is 3. The summed E-state index contributed by atoms with van der Waals surface area (Å²) >= 11 is 0. The van der Waals surface area contributed by atoms with Crippen LogP contribution in [0.25, 0.3) is 0 Å². The molecule has 0 aliphatic carbocycles. The fraction of sp³-hybridized carbons (Fsp3) is 0.714. The van der Waals surface area contributed by atoms with Crippen LogP contribution in [0.3, 0.4) is 0 Å². The van der Waals surface area contributed by atoms with Crippen molar-refractivity contribution in [2.45, 2.75) is 46.2 Å². The maximum absolute atomic E-state index is 12.7. The molecule has 1 amide bonds. The zero-order valence-corrected chi connectivity index (χ0v) is 12.4. The number of nitrogens with zero attached hydrogens (tertiary/aromatic N) is 3. The van der Waals surface area contributed by atoms with Gasteiger partial charge in [-0.25, -0.2) is 0 Å². The predicted molar refractivity (Wildman–Crippen MR) is 75.4 cm³/mol. The molecule has 1 saturated heterocycles. The fourth-order valence-corrected chi connectivity index (χ4v) is 2.87. The highest BCUT2D eigenvalue weighted by Gasteiger charge is 2.27. The van der Waals surface area contributed by atoms with Crippen molar-refractivity contribution in [3.05, 3.63) is 17.0 Å². The minimum Gasteiger partial charge on any atom is -0.337 e. The third-order valence-electron chi connectivity index (χ3n) is 4.01. The molecule has 1 aromatic heterocycles. The van der Waals surface area contributed by atoms with E-state index in [0.29, 0.717) is 6.04 Å². The number of piperidine rings is 1. The number of aromatic nitrogens is 2. The van der Waals surface area contributed by atoms with Crippen molar-refractivity contribution in [1.82, 2.24) is 20.0 Å². The van der Waals surface area contributed by atoms with Gasteiger partial charge in [0, 0.05) is 31.4 Å². The van der Waals surface area contributed by atoms with Gasteiger partial charge in [0.15, 0.2) is 0 Å². The predicted octanol–water partition coefficient (Wildman–Crippen LogP) is 1.34. The Kier molecular flexibility index (Phi) is 4.24. The number of aryl methyl sites for hydroxylation is 2. The van der Waals surface area contributed by atoms with Crippen molar-refractivity contribution in [2.75, 3.05) is 20.1 Å². The van der Waals surface area contributed by atoms with E-state index in [1.807, 2.05) is 37.4 Å². The van der Waals surface area contributed by atoms with Gasteiger partial charge in [-0.3, -0.25) is 9.48 Å². The highest BCUT2D eigenvalue weighted by Crippen LogP contribution is 2.19. The third kappa shape index (κ3) is 2.66. The lowest BCUT2D eigenvalue weighted by molar-refractivity contribution is 0.0696. The summed E-state index contributed by atoms with van der Waals surface area (Å²) in [4.78, 5) is 14.6. The van der Waals surface area contributed by atoms with Crippen molar-refractivity contribution in [3.8, 4) is 0 Å². The largest absolute Gasteiger partial charge is 0.337 e. The average molecular weight is 264 g/mol. The van der Waals surface area contributed by atoms with E-state index in [9.17, 15) is 4.79 Å². The summed E-state index contributed by atoms with van der Waals surface area (Å²) in [6.07, 6.45) is 2.21. The molecular formula is C14H24N4O. The van der Waals surface area contributed by atoms with Gasteiger partial charge in [-0.1, -0.05) is 0 Å². The summed E-state index contributed by atoms with van der Waals surface area (Å²) in [5, 5.41) is 7.71. The first-order valence-electron chi connectivity index (χ1n) is 7.09. The third-order valence-corrected chi connectivity index (χ3v) is 4.01. The van der Waals surface area contributed by atoms with E-state index in [1.165, 1.54) is 0 Å². The lowest BCUT2D eigenvalue weighted by atomic mass is 10.0. The van der Waals surface area contributed by atoms with Crippen LogP contribution in [-0.2, 0) is 6.54 Å². The van der Waals surface area contributed by atoms with Crippen LogP contribution < -0.4 is 5.32 Å². The molecule has 2 rings (SSSR count). The SMILES string of the molecule is CCn1nc(C)c(C(=O)N2CCCC(NC)C2)c1C. The number of carbonyl (C=O) groups excluding carboxylic acids is 1. The minimum atomic E-state index is 0.134. The van der Waals surface area contributed by atoms with Crippen LogP contribution in [0, 0.1) is 13.8 Å². The van der Waals surface area contributed by atoms with Gasteiger partial charge in [-0.05, 0) is 40.7 Å². The number of likely N-dealkylation sites (N-methyl/N-ethyl adjacent to an activating group) is 1. The highest BCUT2D eigenvalue weighted by molar-refractivity contribution is 5.96. The molecule has 106 valence electrons. The lowest BCUT2D eigenvalue weighted by Crippen LogP contribution is -2.47. The van der Waals surface area contributed by atoms with Gasteiger partial charge in [-0.15, -0.1) is 0 Å². The van der Waals surface area contributed by atoms with Crippen molar-refractivity contribution in [2.24, 2.45) is 0 Å². The Morgan fingerprint density at radius 2 is 2.21 bits per heavy atom. The maximum atomic E-state index is 12.7. The second-order valence-electron chi connectivity index (χ2n) is 5.24. The quantitative estimate of drug-likeness (QED) is 0.896. The molecule has 0 aromatic carbocycles. The van der Waals surface area contributed by atoms with Gasteiger partial charge in [0.2, 0.25) is 0 Å². The Balaban J connectivity index is 2.22. The van der Waals surface area contributed by atoms with Crippen molar-refractivity contribution < 1.29 is 4.79 Å². The van der Waals surface area contributed by atoms with Gasteiger partial charge in [-0.2, -0.15) is 5.10 Å². The zero-order chi connectivity index (χ0) is 14.0. The molecule has 1 aliphatic rings.